The van der Waals surface area contributed by atoms with Crippen LogP contribution in [0.25, 0.3) is 11.2 Å². The molecule has 7 heteroatoms. The zero-order valence-electron chi connectivity index (χ0n) is 9.72. The van der Waals surface area contributed by atoms with Crippen LogP contribution in [0, 0.1) is 5.92 Å². The highest BCUT2D eigenvalue weighted by molar-refractivity contribution is 5.76. The second-order valence-electron chi connectivity index (χ2n) is 4.65. The summed E-state index contributed by atoms with van der Waals surface area (Å²) in [6.45, 7) is 0.706. The van der Waals surface area contributed by atoms with Crippen LogP contribution in [0.4, 0.5) is 0 Å². The number of hydrogen-bond donors (Lipinski definition) is 2. The lowest BCUT2D eigenvalue weighted by molar-refractivity contribution is -0.117. The Hall–Kier alpha value is -2.18. The Morgan fingerprint density at radius 2 is 2.33 bits per heavy atom. The van der Waals surface area contributed by atoms with Gasteiger partial charge in [-0.2, -0.15) is 0 Å². The van der Waals surface area contributed by atoms with Gasteiger partial charge in [0.05, 0.1) is 12.6 Å². The minimum atomic E-state index is -0.492. The zero-order chi connectivity index (χ0) is 12.7. The molecule has 2 aromatic heterocycles. The number of carbonyl (C=O) groups is 1. The molecule has 7 nitrogen and oxygen atoms in total. The molecule has 0 bridgehead atoms. The van der Waals surface area contributed by atoms with Crippen LogP contribution in [-0.2, 0) is 17.8 Å². The number of aromatic nitrogens is 4. The van der Waals surface area contributed by atoms with Crippen LogP contribution in [-0.4, -0.2) is 25.4 Å². The van der Waals surface area contributed by atoms with Gasteiger partial charge in [-0.15, -0.1) is 0 Å². The molecule has 1 aliphatic rings. The van der Waals surface area contributed by atoms with Gasteiger partial charge in [0, 0.05) is 6.54 Å². The van der Waals surface area contributed by atoms with Gasteiger partial charge in [-0.3, -0.25) is 14.3 Å². The van der Waals surface area contributed by atoms with E-state index < -0.39 is 5.91 Å². The summed E-state index contributed by atoms with van der Waals surface area (Å²) in [5, 5.41) is 0. The third kappa shape index (κ3) is 1.99. The molecule has 2 aromatic rings. The molecule has 0 aliphatic heterocycles. The summed E-state index contributed by atoms with van der Waals surface area (Å²) in [6.07, 6.45) is 3.88. The number of rotatable bonds is 4. The lowest BCUT2D eigenvalue weighted by Crippen LogP contribution is -2.17. The molecule has 2 heterocycles. The fraction of sp³-hybridized carbons (Fsp3) is 0.455. The topological polar surface area (TPSA) is 107 Å². The second-order valence-corrected chi connectivity index (χ2v) is 4.65. The average molecular weight is 247 g/mol. The molecular weight excluding hydrogens is 234 g/mol. The highest BCUT2D eigenvalue weighted by atomic mass is 16.1. The quantitative estimate of drug-likeness (QED) is 0.763. The molecule has 0 radical (unpaired) electrons. The molecule has 0 atom stereocenters. The average Bonchev–Trinajstić information content (AvgIpc) is 3.04. The summed E-state index contributed by atoms with van der Waals surface area (Å²) in [5.41, 5.74) is 6.05. The number of imidazole rings is 1. The van der Waals surface area contributed by atoms with E-state index in [1.165, 1.54) is 12.8 Å². The van der Waals surface area contributed by atoms with Crippen molar-refractivity contribution < 1.29 is 4.79 Å². The van der Waals surface area contributed by atoms with Crippen molar-refractivity contribution in [1.82, 2.24) is 19.5 Å². The van der Waals surface area contributed by atoms with Crippen LogP contribution in [0.3, 0.4) is 0 Å². The zero-order valence-corrected chi connectivity index (χ0v) is 9.72. The molecule has 1 aliphatic carbocycles. The van der Waals surface area contributed by atoms with E-state index in [-0.39, 0.29) is 12.1 Å². The van der Waals surface area contributed by atoms with Crippen molar-refractivity contribution in [2.75, 3.05) is 0 Å². The highest BCUT2D eigenvalue weighted by Crippen LogP contribution is 2.30. The van der Waals surface area contributed by atoms with Gasteiger partial charge >= 0.3 is 5.69 Å². The molecule has 0 unspecified atom stereocenters. The first-order chi connectivity index (χ1) is 8.63. The van der Waals surface area contributed by atoms with Gasteiger partial charge in [0.1, 0.15) is 11.3 Å². The number of nitrogens with zero attached hydrogens (tertiary/aromatic N) is 3. The van der Waals surface area contributed by atoms with Crippen molar-refractivity contribution in [2.45, 2.75) is 25.8 Å². The molecule has 94 valence electrons. The van der Waals surface area contributed by atoms with Crippen LogP contribution >= 0.6 is 0 Å². The monoisotopic (exact) mass is 247 g/mol. The van der Waals surface area contributed by atoms with Gasteiger partial charge in [-0.05, 0) is 18.8 Å². The maximum atomic E-state index is 11.8. The first-order valence-corrected chi connectivity index (χ1v) is 5.86. The molecule has 3 rings (SSSR count). The Morgan fingerprint density at radius 1 is 1.56 bits per heavy atom. The van der Waals surface area contributed by atoms with E-state index in [1.807, 2.05) is 0 Å². The van der Waals surface area contributed by atoms with E-state index in [0.29, 0.717) is 29.5 Å². The molecule has 3 N–H and O–H groups in total. The largest absolute Gasteiger partial charge is 0.369 e. The Kier molecular flexibility index (Phi) is 2.39. The summed E-state index contributed by atoms with van der Waals surface area (Å²) in [6, 6.07) is 0. The number of nitrogens with two attached hydrogens (primary N) is 1. The Bertz CT molecular complexity index is 668. The predicted molar refractivity (Wildman–Crippen MR) is 63.8 cm³/mol. The van der Waals surface area contributed by atoms with Crippen molar-refractivity contribution in [3.63, 3.8) is 0 Å². The lowest BCUT2D eigenvalue weighted by atomic mass is 10.3. The molecule has 1 fully saturated rings. The third-order valence-corrected chi connectivity index (χ3v) is 3.05. The molecule has 0 spiro atoms. The maximum Gasteiger partial charge on any atom is 0.327 e. The van der Waals surface area contributed by atoms with Crippen molar-refractivity contribution in [2.24, 2.45) is 11.7 Å². The van der Waals surface area contributed by atoms with Crippen LogP contribution in [0.5, 0.6) is 0 Å². The number of aromatic amines is 1. The van der Waals surface area contributed by atoms with Gasteiger partial charge in [0.2, 0.25) is 5.91 Å². The fourth-order valence-electron chi connectivity index (χ4n) is 1.96. The number of primary amides is 1. The maximum absolute atomic E-state index is 11.8. The van der Waals surface area contributed by atoms with E-state index in [1.54, 1.807) is 10.8 Å². The minimum Gasteiger partial charge on any atom is -0.369 e. The van der Waals surface area contributed by atoms with Crippen LogP contribution in [0.2, 0.25) is 0 Å². The summed E-state index contributed by atoms with van der Waals surface area (Å²) in [4.78, 5) is 33.5. The number of fused-ring (bicyclic) bond motifs is 1. The van der Waals surface area contributed by atoms with Gasteiger partial charge in [-0.25, -0.2) is 14.8 Å². The predicted octanol–water partition coefficient (Wildman–Crippen LogP) is -0.443. The van der Waals surface area contributed by atoms with E-state index in [2.05, 4.69) is 15.0 Å². The van der Waals surface area contributed by atoms with Crippen molar-refractivity contribution in [3.8, 4) is 0 Å². The number of nitrogens with one attached hydrogen (secondary N) is 1. The summed E-state index contributed by atoms with van der Waals surface area (Å²) in [7, 11) is 0. The smallest absolute Gasteiger partial charge is 0.327 e. The summed E-state index contributed by atoms with van der Waals surface area (Å²) < 4.78 is 1.65. The molecule has 0 aromatic carbocycles. The van der Waals surface area contributed by atoms with Crippen molar-refractivity contribution >= 4 is 17.1 Å². The minimum absolute atomic E-state index is 0.0220. The van der Waals surface area contributed by atoms with Crippen LogP contribution in [0.15, 0.2) is 11.0 Å². The Morgan fingerprint density at radius 3 is 3.00 bits per heavy atom. The number of H-pyrrole nitrogens is 1. The number of amides is 1. The van der Waals surface area contributed by atoms with Gasteiger partial charge < -0.3 is 5.73 Å². The van der Waals surface area contributed by atoms with E-state index in [0.717, 1.165) is 0 Å². The Labute approximate surface area is 102 Å². The first-order valence-electron chi connectivity index (χ1n) is 5.86. The molecule has 0 saturated heterocycles. The number of carbonyl (C=O) groups excluding carboxylic acids is 1. The fourth-order valence-corrected chi connectivity index (χ4v) is 1.96. The molecule has 18 heavy (non-hydrogen) atoms. The SMILES string of the molecule is NC(=O)Cc1ncc2c(n1)[nH]c(=O)n2CC1CC1. The second kappa shape index (κ2) is 3.94. The standard InChI is InChI=1S/C11H13N5O2/c12-8(17)3-9-13-4-7-10(14-9)15-11(18)16(7)5-6-1-2-6/h4,6H,1-3,5H2,(H2,12,17)(H,13,14,15,18). The van der Waals surface area contributed by atoms with Crippen molar-refractivity contribution in [1.29, 1.82) is 0 Å². The van der Waals surface area contributed by atoms with E-state index >= 15 is 0 Å². The first kappa shape index (κ1) is 10.9. The van der Waals surface area contributed by atoms with E-state index in [9.17, 15) is 9.59 Å². The van der Waals surface area contributed by atoms with Gasteiger partial charge in [-0.1, -0.05) is 0 Å². The Balaban J connectivity index is 2.02. The van der Waals surface area contributed by atoms with Crippen LogP contribution < -0.4 is 11.4 Å². The number of hydrogen-bond acceptors (Lipinski definition) is 4. The third-order valence-electron chi connectivity index (χ3n) is 3.05. The summed E-state index contributed by atoms with van der Waals surface area (Å²) in [5.74, 6) is 0.427. The van der Waals surface area contributed by atoms with Crippen LogP contribution in [0.1, 0.15) is 18.7 Å². The van der Waals surface area contributed by atoms with Crippen molar-refractivity contribution in [3.05, 3.63) is 22.5 Å². The summed E-state index contributed by atoms with van der Waals surface area (Å²) >= 11 is 0. The van der Waals surface area contributed by atoms with Gasteiger partial charge in [0.15, 0.2) is 5.65 Å². The highest BCUT2D eigenvalue weighted by Gasteiger charge is 2.23. The lowest BCUT2D eigenvalue weighted by Gasteiger charge is -2.01. The molecular formula is C11H13N5O2. The molecule has 1 saturated carbocycles. The van der Waals surface area contributed by atoms with E-state index in [4.69, 9.17) is 5.73 Å². The van der Waals surface area contributed by atoms with Gasteiger partial charge in [0.25, 0.3) is 0 Å². The molecule has 1 amide bonds. The normalized spacial score (nSPS) is 15.1.